The van der Waals surface area contributed by atoms with Crippen molar-refractivity contribution >= 4 is 44.7 Å². The highest BCUT2D eigenvalue weighted by Crippen LogP contribution is 2.44. The van der Waals surface area contributed by atoms with Gasteiger partial charge in [0.15, 0.2) is 0 Å². The quantitative estimate of drug-likeness (QED) is 0.612. The number of amides is 2. The number of fused-ring (bicyclic) bond motifs is 1. The van der Waals surface area contributed by atoms with Crippen LogP contribution in [-0.4, -0.2) is 34.6 Å². The average Bonchev–Trinajstić information content (AvgIpc) is 3.33. The van der Waals surface area contributed by atoms with Crippen LogP contribution in [0.1, 0.15) is 24.3 Å². The number of aromatic nitrogens is 1. The molecule has 6 nitrogen and oxygen atoms in total. The van der Waals surface area contributed by atoms with Crippen LogP contribution < -0.4 is 10.2 Å². The van der Waals surface area contributed by atoms with Crippen molar-refractivity contribution in [3.8, 4) is 0 Å². The van der Waals surface area contributed by atoms with Crippen molar-refractivity contribution in [1.82, 2.24) is 4.98 Å². The van der Waals surface area contributed by atoms with Gasteiger partial charge in [-0.05, 0) is 30.7 Å². The normalized spacial score (nSPS) is 16.5. The van der Waals surface area contributed by atoms with E-state index in [9.17, 15) is 27.9 Å². The van der Waals surface area contributed by atoms with Crippen LogP contribution in [0.25, 0.3) is 10.2 Å². The smallest absolute Gasteiger partial charge is 0.374 e. The Hall–Kier alpha value is -2.98. The van der Waals surface area contributed by atoms with Crippen LogP contribution in [0.3, 0.4) is 0 Å². The van der Waals surface area contributed by atoms with Gasteiger partial charge in [-0.3, -0.25) is 9.59 Å². The third-order valence-corrected chi connectivity index (χ3v) is 6.26. The number of nitrogens with one attached hydrogen (secondary N) is 1. The number of benzene rings is 2. The number of rotatable bonds is 5. The first-order valence-corrected chi connectivity index (χ1v) is 10.3. The Kier molecular flexibility index (Phi) is 5.44. The summed E-state index contributed by atoms with van der Waals surface area (Å²) in [5.74, 6) is -1.17. The van der Waals surface area contributed by atoms with Gasteiger partial charge in [-0.2, -0.15) is 13.2 Å². The maximum atomic E-state index is 13.9. The number of halogens is 3. The number of aliphatic hydroxyl groups is 1. The van der Waals surface area contributed by atoms with Gasteiger partial charge in [0.05, 0.1) is 28.0 Å². The molecule has 2 heterocycles. The Morgan fingerprint density at radius 1 is 1.16 bits per heavy atom. The maximum absolute atomic E-state index is 13.9. The van der Waals surface area contributed by atoms with Crippen molar-refractivity contribution in [3.05, 3.63) is 53.5 Å². The number of hydrogen-bond acceptors (Lipinski definition) is 5. The van der Waals surface area contributed by atoms with Crippen LogP contribution in [0.4, 0.5) is 24.5 Å². The summed E-state index contributed by atoms with van der Waals surface area (Å²) in [6, 6.07) is 12.8. The number of thiazole rings is 1. The summed E-state index contributed by atoms with van der Waals surface area (Å²) in [5.41, 5.74) is -2.52. The zero-order chi connectivity index (χ0) is 22.2. The van der Waals surface area contributed by atoms with Crippen molar-refractivity contribution in [1.29, 1.82) is 0 Å². The van der Waals surface area contributed by atoms with Gasteiger partial charge < -0.3 is 15.3 Å². The molecule has 10 heteroatoms. The highest BCUT2D eigenvalue weighted by molar-refractivity contribution is 7.18. The Balaban J connectivity index is 1.62. The SMILES string of the molecule is O=C(CC(O)(c1nc2ccccc2s1)C(F)(F)F)Nc1ccccc1N1CCCC1=O. The van der Waals surface area contributed by atoms with Gasteiger partial charge in [0.1, 0.15) is 5.01 Å². The van der Waals surface area contributed by atoms with E-state index in [1.807, 2.05) is 0 Å². The van der Waals surface area contributed by atoms with Crippen molar-refractivity contribution in [2.75, 3.05) is 16.8 Å². The summed E-state index contributed by atoms with van der Waals surface area (Å²) in [6.45, 7) is 0.462. The molecule has 2 amide bonds. The molecule has 0 bridgehead atoms. The first-order valence-electron chi connectivity index (χ1n) is 9.53. The van der Waals surface area contributed by atoms with E-state index in [1.165, 1.54) is 17.0 Å². The molecule has 3 aromatic rings. The third kappa shape index (κ3) is 4.00. The summed E-state index contributed by atoms with van der Waals surface area (Å²) < 4.78 is 42.1. The van der Waals surface area contributed by atoms with Gasteiger partial charge in [-0.1, -0.05) is 24.3 Å². The fourth-order valence-electron chi connectivity index (χ4n) is 3.49. The molecule has 1 atom stereocenters. The summed E-state index contributed by atoms with van der Waals surface area (Å²) in [4.78, 5) is 30.1. The molecule has 0 radical (unpaired) electrons. The van der Waals surface area contributed by atoms with Crippen molar-refractivity contribution < 1.29 is 27.9 Å². The maximum Gasteiger partial charge on any atom is 0.424 e. The molecule has 2 aromatic carbocycles. The molecule has 1 saturated heterocycles. The number of carbonyl (C=O) groups is 2. The van der Waals surface area contributed by atoms with Crippen LogP contribution in [0, 0.1) is 0 Å². The first-order chi connectivity index (χ1) is 14.7. The standard InChI is InChI=1S/C21H18F3N3O3S/c22-21(23,24)20(30,19-26-14-7-2-4-9-16(14)31-19)12-17(28)25-13-6-1-3-8-15(13)27-11-5-10-18(27)29/h1-4,6-9,30H,5,10-12H2,(H,25,28). The van der Waals surface area contributed by atoms with E-state index in [0.717, 1.165) is 0 Å². The fraction of sp³-hybridized carbons (Fsp3) is 0.286. The van der Waals surface area contributed by atoms with Crippen LogP contribution in [0.5, 0.6) is 0 Å². The molecule has 31 heavy (non-hydrogen) atoms. The molecule has 1 aliphatic heterocycles. The van der Waals surface area contributed by atoms with Crippen LogP contribution in [-0.2, 0) is 15.2 Å². The van der Waals surface area contributed by atoms with Crippen molar-refractivity contribution in [2.24, 2.45) is 0 Å². The van der Waals surface area contributed by atoms with Gasteiger partial charge in [-0.25, -0.2) is 4.98 Å². The molecule has 1 unspecified atom stereocenters. The Bertz CT molecular complexity index is 1110. The molecule has 1 fully saturated rings. The van der Waals surface area contributed by atoms with Crippen molar-refractivity contribution in [2.45, 2.75) is 31.0 Å². The van der Waals surface area contributed by atoms with E-state index >= 15 is 0 Å². The third-order valence-electron chi connectivity index (χ3n) is 5.08. The molecule has 1 aliphatic rings. The van der Waals surface area contributed by atoms with E-state index in [-0.39, 0.29) is 11.6 Å². The van der Waals surface area contributed by atoms with Crippen molar-refractivity contribution in [3.63, 3.8) is 0 Å². The zero-order valence-corrected chi connectivity index (χ0v) is 17.0. The molecule has 2 N–H and O–H groups in total. The molecule has 0 aliphatic carbocycles. The monoisotopic (exact) mass is 449 g/mol. The minimum atomic E-state index is -5.12. The largest absolute Gasteiger partial charge is 0.424 e. The minimum Gasteiger partial charge on any atom is -0.374 e. The fourth-order valence-corrected chi connectivity index (χ4v) is 4.56. The topological polar surface area (TPSA) is 82.5 Å². The molecular formula is C21H18F3N3O3S. The Morgan fingerprint density at radius 2 is 1.87 bits per heavy atom. The lowest BCUT2D eigenvalue weighted by Crippen LogP contribution is -2.45. The summed E-state index contributed by atoms with van der Waals surface area (Å²) >= 11 is 0.689. The Morgan fingerprint density at radius 3 is 2.55 bits per heavy atom. The second kappa shape index (κ2) is 7.93. The lowest BCUT2D eigenvalue weighted by molar-refractivity contribution is -0.266. The number of para-hydroxylation sites is 3. The van der Waals surface area contributed by atoms with Gasteiger partial charge in [-0.15, -0.1) is 11.3 Å². The van der Waals surface area contributed by atoms with Crippen LogP contribution in [0.15, 0.2) is 48.5 Å². The lowest BCUT2D eigenvalue weighted by Gasteiger charge is -2.28. The predicted octanol–water partition coefficient (Wildman–Crippen LogP) is 4.20. The molecular weight excluding hydrogens is 431 g/mol. The van der Waals surface area contributed by atoms with E-state index in [2.05, 4.69) is 10.3 Å². The molecule has 0 spiro atoms. The molecule has 0 saturated carbocycles. The highest BCUT2D eigenvalue weighted by Gasteiger charge is 2.58. The number of nitrogens with zero attached hydrogens (tertiary/aromatic N) is 2. The van der Waals surface area contributed by atoms with E-state index in [0.29, 0.717) is 46.6 Å². The van der Waals surface area contributed by atoms with Crippen LogP contribution >= 0.6 is 11.3 Å². The summed E-state index contributed by atoms with van der Waals surface area (Å²) in [7, 11) is 0. The van der Waals surface area contributed by atoms with E-state index < -0.39 is 29.1 Å². The summed E-state index contributed by atoms with van der Waals surface area (Å²) in [6.07, 6.45) is -5.36. The number of carbonyl (C=O) groups excluding carboxylic acids is 2. The van der Waals surface area contributed by atoms with Crippen LogP contribution in [0.2, 0.25) is 0 Å². The highest BCUT2D eigenvalue weighted by atomic mass is 32.1. The van der Waals surface area contributed by atoms with Gasteiger partial charge >= 0.3 is 6.18 Å². The average molecular weight is 449 g/mol. The second-order valence-electron chi connectivity index (χ2n) is 7.24. The van der Waals surface area contributed by atoms with E-state index in [4.69, 9.17) is 0 Å². The number of hydrogen-bond donors (Lipinski definition) is 2. The second-order valence-corrected chi connectivity index (χ2v) is 8.27. The zero-order valence-electron chi connectivity index (χ0n) is 16.1. The minimum absolute atomic E-state index is 0.122. The first kappa shape index (κ1) is 21.3. The van der Waals surface area contributed by atoms with Gasteiger partial charge in [0, 0.05) is 13.0 Å². The molecule has 162 valence electrons. The molecule has 1 aromatic heterocycles. The number of alkyl halides is 3. The van der Waals surface area contributed by atoms with Gasteiger partial charge in [0.25, 0.3) is 0 Å². The molecule has 4 rings (SSSR count). The Labute approximate surface area is 179 Å². The van der Waals surface area contributed by atoms with E-state index in [1.54, 1.807) is 36.4 Å². The lowest BCUT2D eigenvalue weighted by atomic mass is 9.99. The number of anilines is 2. The summed E-state index contributed by atoms with van der Waals surface area (Å²) in [5, 5.41) is 12.4. The van der Waals surface area contributed by atoms with Gasteiger partial charge in [0.2, 0.25) is 17.4 Å². The predicted molar refractivity (Wildman–Crippen MR) is 111 cm³/mol.